The monoisotopic (exact) mass is 393 g/mol. The number of anilines is 3. The number of nitrogens with two attached hydrogens (primary N) is 1. The van der Waals surface area contributed by atoms with Crippen LogP contribution in [0.25, 0.3) is 0 Å². The summed E-state index contributed by atoms with van der Waals surface area (Å²) in [5.74, 6) is 0.393. The number of rotatable bonds is 5. The molecule has 0 fully saturated rings. The lowest BCUT2D eigenvalue weighted by molar-refractivity contribution is 0.0962. The van der Waals surface area contributed by atoms with E-state index < -0.39 is 0 Å². The van der Waals surface area contributed by atoms with Crippen LogP contribution in [0.4, 0.5) is 17.3 Å². The van der Waals surface area contributed by atoms with Gasteiger partial charge in [-0.25, -0.2) is 15.4 Å². The molecule has 0 atom stereocenters. The number of amides is 1. The predicted octanol–water partition coefficient (Wildman–Crippen LogP) is 2.29. The van der Waals surface area contributed by atoms with Gasteiger partial charge < -0.3 is 11.2 Å². The minimum atomic E-state index is -0.317. The summed E-state index contributed by atoms with van der Waals surface area (Å²) in [7, 11) is 0. The molecule has 1 heterocycles. The Bertz CT molecular complexity index is 730. The summed E-state index contributed by atoms with van der Waals surface area (Å²) in [6.45, 7) is 5.98. The summed E-state index contributed by atoms with van der Waals surface area (Å²) in [6.07, 6.45) is 1.34. The first-order valence-electron chi connectivity index (χ1n) is 7.22. The fraction of sp³-hybridized carbons (Fsp3) is 0.267. The highest BCUT2D eigenvalue weighted by molar-refractivity contribution is 9.10. The Labute approximate surface area is 148 Å². The Morgan fingerprint density at radius 3 is 2.38 bits per heavy atom. The van der Waals surface area contributed by atoms with Gasteiger partial charge in [0.05, 0.1) is 5.56 Å². The SMILES string of the molecule is CC(C)(C)NNc1ncnc(NNC(=O)c2ccccc2Br)c1N. The molecule has 0 radical (unpaired) electrons. The van der Waals surface area contributed by atoms with Crippen molar-refractivity contribution >= 4 is 39.2 Å². The normalized spacial score (nSPS) is 11.0. The van der Waals surface area contributed by atoms with Gasteiger partial charge in [-0.15, -0.1) is 0 Å². The Balaban J connectivity index is 2.05. The van der Waals surface area contributed by atoms with Crippen LogP contribution in [0, 0.1) is 0 Å². The van der Waals surface area contributed by atoms with E-state index in [0.29, 0.717) is 21.7 Å². The molecule has 1 amide bonds. The summed E-state index contributed by atoms with van der Waals surface area (Å²) in [5, 5.41) is 0. The Morgan fingerprint density at radius 2 is 1.75 bits per heavy atom. The number of nitrogens with zero attached hydrogens (tertiary/aromatic N) is 2. The van der Waals surface area contributed by atoms with Crippen LogP contribution in [-0.2, 0) is 0 Å². The third-order valence-electron chi connectivity index (χ3n) is 2.85. The Hall–Kier alpha value is -2.39. The van der Waals surface area contributed by atoms with Crippen molar-refractivity contribution in [1.82, 2.24) is 20.8 Å². The molecule has 8 nitrogen and oxygen atoms in total. The minimum absolute atomic E-state index is 0.168. The number of benzene rings is 1. The van der Waals surface area contributed by atoms with Crippen molar-refractivity contribution in [2.75, 3.05) is 16.6 Å². The van der Waals surface area contributed by atoms with E-state index in [-0.39, 0.29) is 17.1 Å². The summed E-state index contributed by atoms with van der Waals surface area (Å²) in [4.78, 5) is 20.3. The average molecular weight is 394 g/mol. The fourth-order valence-corrected chi connectivity index (χ4v) is 2.13. The van der Waals surface area contributed by atoms with Gasteiger partial charge in [-0.2, -0.15) is 0 Å². The van der Waals surface area contributed by atoms with Crippen molar-refractivity contribution < 1.29 is 4.79 Å². The second-order valence-electron chi connectivity index (χ2n) is 6.04. The van der Waals surface area contributed by atoms with Crippen LogP contribution in [0.2, 0.25) is 0 Å². The average Bonchev–Trinajstić information content (AvgIpc) is 2.52. The maximum Gasteiger partial charge on any atom is 0.270 e. The molecule has 2 rings (SSSR count). The number of hydrazine groups is 2. The second kappa shape index (κ2) is 7.45. The molecule has 1 aromatic heterocycles. The molecule has 0 aliphatic heterocycles. The van der Waals surface area contributed by atoms with E-state index in [2.05, 4.69) is 47.6 Å². The molecule has 1 aromatic carbocycles. The smallest absolute Gasteiger partial charge is 0.270 e. The van der Waals surface area contributed by atoms with Crippen LogP contribution >= 0.6 is 15.9 Å². The number of nitrogens with one attached hydrogen (secondary N) is 4. The number of hydrogen-bond acceptors (Lipinski definition) is 7. The van der Waals surface area contributed by atoms with Gasteiger partial charge in [0.25, 0.3) is 5.91 Å². The largest absolute Gasteiger partial charge is 0.393 e. The standard InChI is InChI=1S/C15H20BrN7O/c1-15(2,3)23-21-13-11(17)12(18-8-19-13)20-22-14(24)9-6-4-5-7-10(9)16/h4-8,23H,17H2,1-3H3,(H,22,24)(H2,18,19,20,21). The highest BCUT2D eigenvalue weighted by Crippen LogP contribution is 2.22. The molecule has 0 spiro atoms. The van der Waals surface area contributed by atoms with Gasteiger partial charge in [0.1, 0.15) is 12.0 Å². The summed E-state index contributed by atoms with van der Waals surface area (Å²) < 4.78 is 0.691. The number of aromatic nitrogens is 2. The number of carbonyl (C=O) groups excluding carboxylic acids is 1. The molecule has 0 saturated heterocycles. The molecule has 24 heavy (non-hydrogen) atoms. The lowest BCUT2D eigenvalue weighted by Crippen LogP contribution is -2.40. The highest BCUT2D eigenvalue weighted by Gasteiger charge is 2.14. The molecule has 128 valence electrons. The Morgan fingerprint density at radius 1 is 1.12 bits per heavy atom. The molecule has 0 bridgehead atoms. The first-order chi connectivity index (χ1) is 11.3. The van der Waals surface area contributed by atoms with Crippen molar-refractivity contribution in [3.05, 3.63) is 40.6 Å². The predicted molar refractivity (Wildman–Crippen MR) is 98.2 cm³/mol. The van der Waals surface area contributed by atoms with Crippen molar-refractivity contribution in [3.8, 4) is 0 Å². The molecule has 0 saturated carbocycles. The summed E-state index contributed by atoms with van der Waals surface area (Å²) >= 11 is 3.33. The molecule has 9 heteroatoms. The maximum absolute atomic E-state index is 12.2. The maximum atomic E-state index is 12.2. The first kappa shape index (κ1) is 18.0. The quantitative estimate of drug-likeness (QED) is 0.494. The van der Waals surface area contributed by atoms with Crippen LogP contribution in [0.1, 0.15) is 31.1 Å². The molecule has 0 unspecified atom stereocenters. The number of hydrogen-bond donors (Lipinski definition) is 5. The Kier molecular flexibility index (Phi) is 5.58. The third-order valence-corrected chi connectivity index (χ3v) is 3.54. The van der Waals surface area contributed by atoms with Crippen molar-refractivity contribution in [3.63, 3.8) is 0 Å². The van der Waals surface area contributed by atoms with Crippen LogP contribution in [0.15, 0.2) is 35.1 Å². The first-order valence-corrected chi connectivity index (χ1v) is 8.02. The van der Waals surface area contributed by atoms with Gasteiger partial charge in [0.15, 0.2) is 11.6 Å². The number of nitrogen functional groups attached to an aromatic ring is 1. The zero-order valence-corrected chi connectivity index (χ0v) is 15.2. The van der Waals surface area contributed by atoms with Gasteiger partial charge in [-0.05, 0) is 48.8 Å². The molecule has 0 aliphatic carbocycles. The zero-order chi connectivity index (χ0) is 17.7. The van der Waals surface area contributed by atoms with Gasteiger partial charge >= 0.3 is 0 Å². The van der Waals surface area contributed by atoms with Crippen LogP contribution in [0.3, 0.4) is 0 Å². The second-order valence-corrected chi connectivity index (χ2v) is 6.90. The van der Waals surface area contributed by atoms with E-state index in [4.69, 9.17) is 5.73 Å². The summed E-state index contributed by atoms with van der Waals surface area (Å²) in [5.41, 5.74) is 17.9. The number of halogens is 1. The van der Waals surface area contributed by atoms with Crippen LogP contribution < -0.4 is 27.4 Å². The summed E-state index contributed by atoms with van der Waals surface area (Å²) in [6, 6.07) is 7.09. The fourth-order valence-electron chi connectivity index (χ4n) is 1.67. The topological polar surface area (TPSA) is 117 Å². The lowest BCUT2D eigenvalue weighted by Gasteiger charge is -2.22. The van der Waals surface area contributed by atoms with Crippen LogP contribution in [-0.4, -0.2) is 21.4 Å². The van der Waals surface area contributed by atoms with E-state index in [1.807, 2.05) is 26.8 Å². The molecule has 2 aromatic rings. The van der Waals surface area contributed by atoms with E-state index in [1.165, 1.54) is 6.33 Å². The third kappa shape index (κ3) is 4.80. The van der Waals surface area contributed by atoms with E-state index in [1.54, 1.807) is 18.2 Å². The van der Waals surface area contributed by atoms with Gasteiger partial charge in [0.2, 0.25) is 0 Å². The molecular formula is C15H20BrN7O. The minimum Gasteiger partial charge on any atom is -0.393 e. The molecule has 0 aliphatic rings. The highest BCUT2D eigenvalue weighted by atomic mass is 79.9. The van der Waals surface area contributed by atoms with Gasteiger partial charge in [-0.3, -0.25) is 15.6 Å². The number of carbonyl (C=O) groups is 1. The molecular weight excluding hydrogens is 374 g/mol. The van der Waals surface area contributed by atoms with Gasteiger partial charge in [-0.1, -0.05) is 12.1 Å². The van der Waals surface area contributed by atoms with Crippen molar-refractivity contribution in [2.45, 2.75) is 26.3 Å². The van der Waals surface area contributed by atoms with E-state index >= 15 is 0 Å². The van der Waals surface area contributed by atoms with Crippen molar-refractivity contribution in [1.29, 1.82) is 0 Å². The van der Waals surface area contributed by atoms with E-state index in [0.717, 1.165) is 0 Å². The van der Waals surface area contributed by atoms with E-state index in [9.17, 15) is 4.79 Å². The lowest BCUT2D eigenvalue weighted by atomic mass is 10.1. The molecule has 6 N–H and O–H groups in total. The van der Waals surface area contributed by atoms with Gasteiger partial charge in [0, 0.05) is 10.0 Å². The van der Waals surface area contributed by atoms with Crippen LogP contribution in [0.5, 0.6) is 0 Å². The zero-order valence-electron chi connectivity index (χ0n) is 13.6. The van der Waals surface area contributed by atoms with Crippen molar-refractivity contribution in [2.24, 2.45) is 0 Å².